The molecule has 18 heavy (non-hydrogen) atoms. The van der Waals surface area contributed by atoms with Gasteiger partial charge in [0, 0.05) is 18.7 Å². The van der Waals surface area contributed by atoms with Gasteiger partial charge < -0.3 is 14.4 Å². The maximum atomic E-state index is 12.2. The third-order valence-corrected chi connectivity index (χ3v) is 3.14. The van der Waals surface area contributed by atoms with Crippen LogP contribution < -0.4 is 4.74 Å². The molecule has 0 atom stereocenters. The van der Waals surface area contributed by atoms with Gasteiger partial charge >= 0.3 is 0 Å². The van der Waals surface area contributed by atoms with Crippen molar-refractivity contribution in [2.24, 2.45) is 0 Å². The normalized spacial score (nSPS) is 15.6. The third-order valence-electron chi connectivity index (χ3n) is 3.14. The molecule has 0 aliphatic carbocycles. The van der Waals surface area contributed by atoms with E-state index in [0.29, 0.717) is 32.7 Å². The number of hydrogen-bond donors (Lipinski definition) is 0. The Labute approximate surface area is 107 Å². The Balaban J connectivity index is 2.07. The van der Waals surface area contributed by atoms with E-state index >= 15 is 0 Å². The van der Waals surface area contributed by atoms with Gasteiger partial charge in [0.15, 0.2) is 0 Å². The molecule has 2 rings (SSSR count). The molecule has 1 aromatic rings. The van der Waals surface area contributed by atoms with Gasteiger partial charge in [-0.3, -0.25) is 4.79 Å². The van der Waals surface area contributed by atoms with E-state index in [1.54, 1.807) is 7.11 Å². The zero-order chi connectivity index (χ0) is 13.0. The van der Waals surface area contributed by atoms with Gasteiger partial charge in [0.2, 0.25) is 5.91 Å². The molecule has 0 unspecified atom stereocenters. The van der Waals surface area contributed by atoms with E-state index in [0.717, 1.165) is 16.9 Å². The van der Waals surface area contributed by atoms with Crippen molar-refractivity contribution in [1.82, 2.24) is 4.90 Å². The molecule has 1 fully saturated rings. The Kier molecular flexibility index (Phi) is 4.20. The van der Waals surface area contributed by atoms with Crippen LogP contribution in [0.5, 0.6) is 5.75 Å². The number of benzene rings is 1. The maximum absolute atomic E-state index is 12.2. The van der Waals surface area contributed by atoms with E-state index in [-0.39, 0.29) is 5.91 Å². The van der Waals surface area contributed by atoms with E-state index in [1.165, 1.54) is 0 Å². The third kappa shape index (κ3) is 3.01. The summed E-state index contributed by atoms with van der Waals surface area (Å²) < 4.78 is 10.5. The number of carbonyl (C=O) groups excluding carboxylic acids is 1. The minimum Gasteiger partial charge on any atom is -0.496 e. The molecule has 1 aliphatic heterocycles. The molecule has 0 bridgehead atoms. The molecular formula is C14H19NO3. The summed E-state index contributed by atoms with van der Waals surface area (Å²) in [4.78, 5) is 14.0. The number of methoxy groups -OCH3 is 1. The molecule has 0 spiro atoms. The van der Waals surface area contributed by atoms with Crippen molar-refractivity contribution in [3.63, 3.8) is 0 Å². The van der Waals surface area contributed by atoms with Gasteiger partial charge in [-0.1, -0.05) is 17.7 Å². The highest BCUT2D eigenvalue weighted by molar-refractivity contribution is 5.79. The van der Waals surface area contributed by atoms with Crippen molar-refractivity contribution >= 4 is 5.91 Å². The van der Waals surface area contributed by atoms with Crippen LogP contribution in [0.15, 0.2) is 18.2 Å². The van der Waals surface area contributed by atoms with Crippen molar-refractivity contribution in [1.29, 1.82) is 0 Å². The lowest BCUT2D eigenvalue weighted by Crippen LogP contribution is -2.41. The summed E-state index contributed by atoms with van der Waals surface area (Å²) in [5.41, 5.74) is 2.09. The smallest absolute Gasteiger partial charge is 0.227 e. The summed E-state index contributed by atoms with van der Waals surface area (Å²) in [5, 5.41) is 0. The van der Waals surface area contributed by atoms with Crippen LogP contribution in [0.2, 0.25) is 0 Å². The predicted octanol–water partition coefficient (Wildman–Crippen LogP) is 1.40. The fourth-order valence-corrected chi connectivity index (χ4v) is 2.13. The molecule has 4 nitrogen and oxygen atoms in total. The van der Waals surface area contributed by atoms with Crippen LogP contribution in [0.25, 0.3) is 0 Å². The van der Waals surface area contributed by atoms with Crippen LogP contribution in [0.3, 0.4) is 0 Å². The Morgan fingerprint density at radius 2 is 2.11 bits per heavy atom. The van der Waals surface area contributed by atoms with Gasteiger partial charge in [0.25, 0.3) is 0 Å². The molecule has 1 aromatic carbocycles. The van der Waals surface area contributed by atoms with Crippen LogP contribution in [0.4, 0.5) is 0 Å². The van der Waals surface area contributed by atoms with Crippen molar-refractivity contribution in [3.8, 4) is 5.75 Å². The lowest BCUT2D eigenvalue weighted by Gasteiger charge is -2.27. The first-order valence-electron chi connectivity index (χ1n) is 6.20. The lowest BCUT2D eigenvalue weighted by molar-refractivity contribution is -0.134. The Hall–Kier alpha value is -1.55. The highest BCUT2D eigenvalue weighted by Gasteiger charge is 2.18. The molecule has 1 saturated heterocycles. The second-order valence-electron chi connectivity index (χ2n) is 4.49. The molecule has 0 N–H and O–H groups in total. The van der Waals surface area contributed by atoms with E-state index in [9.17, 15) is 4.79 Å². The minimum absolute atomic E-state index is 0.141. The molecule has 4 heteroatoms. The largest absolute Gasteiger partial charge is 0.496 e. The highest BCUT2D eigenvalue weighted by Crippen LogP contribution is 2.20. The fourth-order valence-electron chi connectivity index (χ4n) is 2.13. The highest BCUT2D eigenvalue weighted by atomic mass is 16.5. The average molecular weight is 249 g/mol. The van der Waals surface area contributed by atoms with Crippen molar-refractivity contribution < 1.29 is 14.3 Å². The van der Waals surface area contributed by atoms with Crippen molar-refractivity contribution in [3.05, 3.63) is 29.3 Å². The quantitative estimate of drug-likeness (QED) is 0.813. The van der Waals surface area contributed by atoms with Gasteiger partial charge in [-0.05, 0) is 13.0 Å². The second kappa shape index (κ2) is 5.87. The van der Waals surface area contributed by atoms with E-state index in [2.05, 4.69) is 0 Å². The van der Waals surface area contributed by atoms with Gasteiger partial charge in [0.1, 0.15) is 5.75 Å². The van der Waals surface area contributed by atoms with Gasteiger partial charge in [-0.25, -0.2) is 0 Å². The fraction of sp³-hybridized carbons (Fsp3) is 0.500. The number of nitrogens with zero attached hydrogens (tertiary/aromatic N) is 1. The van der Waals surface area contributed by atoms with Gasteiger partial charge in [-0.15, -0.1) is 0 Å². The Morgan fingerprint density at radius 1 is 1.39 bits per heavy atom. The number of hydrogen-bond acceptors (Lipinski definition) is 3. The first-order chi connectivity index (χ1) is 8.70. The monoisotopic (exact) mass is 249 g/mol. The predicted molar refractivity (Wildman–Crippen MR) is 68.8 cm³/mol. The van der Waals surface area contributed by atoms with Crippen LogP contribution in [-0.4, -0.2) is 44.2 Å². The summed E-state index contributed by atoms with van der Waals surface area (Å²) in [5.74, 6) is 0.921. The summed E-state index contributed by atoms with van der Waals surface area (Å²) in [6.45, 7) is 4.66. The Bertz CT molecular complexity index is 425. The molecule has 1 heterocycles. The summed E-state index contributed by atoms with van der Waals surface area (Å²) in [7, 11) is 1.63. The number of ether oxygens (including phenoxy) is 2. The standard InChI is InChI=1S/C14H19NO3/c1-11-3-4-13(17-2)12(9-11)10-14(16)15-5-7-18-8-6-15/h3-4,9H,5-8,10H2,1-2H3. The lowest BCUT2D eigenvalue weighted by atomic mass is 10.1. The number of rotatable bonds is 3. The molecule has 1 aliphatic rings. The molecule has 98 valence electrons. The average Bonchev–Trinajstić information content (AvgIpc) is 2.40. The summed E-state index contributed by atoms with van der Waals surface area (Å²) >= 11 is 0. The first-order valence-corrected chi connectivity index (χ1v) is 6.20. The SMILES string of the molecule is COc1ccc(C)cc1CC(=O)N1CCOCC1. The Morgan fingerprint density at radius 3 is 2.78 bits per heavy atom. The van der Waals surface area contributed by atoms with E-state index in [4.69, 9.17) is 9.47 Å². The molecule has 0 radical (unpaired) electrons. The second-order valence-corrected chi connectivity index (χ2v) is 4.49. The van der Waals surface area contributed by atoms with Crippen LogP contribution >= 0.6 is 0 Å². The molecular weight excluding hydrogens is 230 g/mol. The van der Waals surface area contributed by atoms with Crippen LogP contribution in [-0.2, 0) is 16.0 Å². The number of amides is 1. The molecule has 0 saturated carbocycles. The molecule has 1 amide bonds. The maximum Gasteiger partial charge on any atom is 0.227 e. The van der Waals surface area contributed by atoms with Crippen LogP contribution in [0.1, 0.15) is 11.1 Å². The number of carbonyl (C=O) groups is 1. The van der Waals surface area contributed by atoms with E-state index < -0.39 is 0 Å². The van der Waals surface area contributed by atoms with Crippen LogP contribution in [0, 0.1) is 6.92 Å². The number of aryl methyl sites for hydroxylation is 1. The van der Waals surface area contributed by atoms with Crippen molar-refractivity contribution in [2.45, 2.75) is 13.3 Å². The first kappa shape index (κ1) is 12.9. The number of morpholine rings is 1. The zero-order valence-corrected chi connectivity index (χ0v) is 10.9. The summed E-state index contributed by atoms with van der Waals surface area (Å²) in [6, 6.07) is 5.91. The summed E-state index contributed by atoms with van der Waals surface area (Å²) in [6.07, 6.45) is 0.394. The van der Waals surface area contributed by atoms with Crippen molar-refractivity contribution in [2.75, 3.05) is 33.4 Å². The molecule has 0 aromatic heterocycles. The van der Waals surface area contributed by atoms with Gasteiger partial charge in [-0.2, -0.15) is 0 Å². The van der Waals surface area contributed by atoms with Gasteiger partial charge in [0.05, 0.1) is 26.7 Å². The topological polar surface area (TPSA) is 38.8 Å². The zero-order valence-electron chi connectivity index (χ0n) is 10.9. The van der Waals surface area contributed by atoms with E-state index in [1.807, 2.05) is 30.0 Å². The minimum atomic E-state index is 0.141.